The van der Waals surface area contributed by atoms with Crippen molar-refractivity contribution in [1.29, 1.82) is 0 Å². The maximum atomic E-state index is 10.9. The average Bonchev–Trinajstić information content (AvgIpc) is 2.61. The number of hydrogen-bond donors (Lipinski definition) is 2. The Balaban J connectivity index is 2.09. The quantitative estimate of drug-likeness (QED) is 0.780. The molecule has 2 atom stereocenters. The van der Waals surface area contributed by atoms with Crippen LogP contribution in [-0.2, 0) is 6.54 Å². The summed E-state index contributed by atoms with van der Waals surface area (Å²) in [4.78, 5) is 13.2. The van der Waals surface area contributed by atoms with Crippen molar-refractivity contribution in [3.63, 3.8) is 0 Å². The van der Waals surface area contributed by atoms with Crippen molar-refractivity contribution >= 4 is 5.97 Å². The number of aromatic carboxylic acids is 1. The minimum absolute atomic E-state index is 0.0373. The SMILES string of the molecule is CC(CN(Cc1ccc(C(=O)O)cc1)[C@@H](C)CO)c1ccccc1. The van der Waals surface area contributed by atoms with E-state index >= 15 is 0 Å². The van der Waals surface area contributed by atoms with Gasteiger partial charge in [0.05, 0.1) is 12.2 Å². The lowest BCUT2D eigenvalue weighted by atomic mass is 9.99. The number of aliphatic hydroxyl groups excluding tert-OH is 1. The topological polar surface area (TPSA) is 60.8 Å². The Labute approximate surface area is 143 Å². The molecule has 0 fully saturated rings. The van der Waals surface area contributed by atoms with Gasteiger partial charge in [0.2, 0.25) is 0 Å². The molecular formula is C20H25NO3. The van der Waals surface area contributed by atoms with Gasteiger partial charge in [0, 0.05) is 19.1 Å². The molecule has 0 aliphatic rings. The Morgan fingerprint density at radius 1 is 1.04 bits per heavy atom. The lowest BCUT2D eigenvalue weighted by molar-refractivity contribution is 0.0697. The van der Waals surface area contributed by atoms with Crippen molar-refractivity contribution in [2.75, 3.05) is 13.2 Å². The molecule has 0 spiro atoms. The van der Waals surface area contributed by atoms with E-state index in [9.17, 15) is 9.90 Å². The molecule has 2 aromatic carbocycles. The third kappa shape index (κ3) is 4.91. The van der Waals surface area contributed by atoms with E-state index in [0.29, 0.717) is 12.5 Å². The molecule has 0 bridgehead atoms. The number of carboxylic acid groups (broad SMARTS) is 1. The normalized spacial score (nSPS) is 13.7. The molecule has 24 heavy (non-hydrogen) atoms. The summed E-state index contributed by atoms with van der Waals surface area (Å²) in [5, 5.41) is 18.5. The molecule has 2 N–H and O–H groups in total. The van der Waals surface area contributed by atoms with E-state index in [1.165, 1.54) is 5.56 Å². The monoisotopic (exact) mass is 327 g/mol. The third-order valence-corrected chi connectivity index (χ3v) is 4.35. The Morgan fingerprint density at radius 3 is 2.21 bits per heavy atom. The van der Waals surface area contributed by atoms with Crippen LogP contribution >= 0.6 is 0 Å². The number of carboxylic acids is 1. The van der Waals surface area contributed by atoms with Crippen LogP contribution in [0.25, 0.3) is 0 Å². The number of aliphatic hydroxyl groups is 1. The molecule has 4 heteroatoms. The van der Waals surface area contributed by atoms with Crippen molar-refractivity contribution in [3.05, 3.63) is 71.3 Å². The van der Waals surface area contributed by atoms with E-state index in [1.54, 1.807) is 12.1 Å². The molecule has 4 nitrogen and oxygen atoms in total. The van der Waals surface area contributed by atoms with Crippen molar-refractivity contribution in [2.24, 2.45) is 0 Å². The first kappa shape index (κ1) is 18.2. The second-order valence-electron chi connectivity index (χ2n) is 6.27. The predicted molar refractivity (Wildman–Crippen MR) is 95.2 cm³/mol. The smallest absolute Gasteiger partial charge is 0.335 e. The predicted octanol–water partition coefficient (Wildman–Crippen LogP) is 3.37. The Morgan fingerprint density at radius 2 is 1.67 bits per heavy atom. The molecule has 0 heterocycles. The summed E-state index contributed by atoms with van der Waals surface area (Å²) < 4.78 is 0. The van der Waals surface area contributed by atoms with E-state index < -0.39 is 5.97 Å². The highest BCUT2D eigenvalue weighted by atomic mass is 16.4. The van der Waals surface area contributed by atoms with Crippen LogP contribution in [-0.4, -0.2) is 40.3 Å². The first-order valence-electron chi connectivity index (χ1n) is 8.23. The van der Waals surface area contributed by atoms with Gasteiger partial charge in [0.15, 0.2) is 0 Å². The van der Waals surface area contributed by atoms with Gasteiger partial charge >= 0.3 is 5.97 Å². The summed E-state index contributed by atoms with van der Waals surface area (Å²) in [6.45, 7) is 5.78. The Hall–Kier alpha value is -2.17. The van der Waals surface area contributed by atoms with Crippen molar-refractivity contribution < 1.29 is 15.0 Å². The largest absolute Gasteiger partial charge is 0.478 e. The molecular weight excluding hydrogens is 302 g/mol. The molecule has 0 saturated carbocycles. The zero-order chi connectivity index (χ0) is 17.5. The van der Waals surface area contributed by atoms with E-state index in [-0.39, 0.29) is 18.2 Å². The zero-order valence-corrected chi connectivity index (χ0v) is 14.2. The molecule has 128 valence electrons. The van der Waals surface area contributed by atoms with Crippen LogP contribution in [0.15, 0.2) is 54.6 Å². The summed E-state index contributed by atoms with van der Waals surface area (Å²) >= 11 is 0. The second kappa shape index (κ2) is 8.62. The van der Waals surface area contributed by atoms with Crippen LogP contribution in [0.1, 0.15) is 41.3 Å². The highest BCUT2D eigenvalue weighted by Gasteiger charge is 2.17. The maximum Gasteiger partial charge on any atom is 0.335 e. The first-order chi connectivity index (χ1) is 11.5. The van der Waals surface area contributed by atoms with Crippen molar-refractivity contribution in [2.45, 2.75) is 32.4 Å². The summed E-state index contributed by atoms with van der Waals surface area (Å²) in [5.41, 5.74) is 2.60. The van der Waals surface area contributed by atoms with Crippen molar-refractivity contribution in [3.8, 4) is 0 Å². The molecule has 0 aliphatic carbocycles. The van der Waals surface area contributed by atoms with Crippen LogP contribution < -0.4 is 0 Å². The number of benzene rings is 2. The molecule has 2 aromatic rings. The summed E-state index contributed by atoms with van der Waals surface area (Å²) in [7, 11) is 0. The number of carbonyl (C=O) groups is 1. The van der Waals surface area contributed by atoms with Gasteiger partial charge in [0.25, 0.3) is 0 Å². The molecule has 2 rings (SSSR count). The molecule has 0 amide bonds. The summed E-state index contributed by atoms with van der Waals surface area (Å²) in [5.74, 6) is -0.571. The van der Waals surface area contributed by atoms with Crippen LogP contribution in [0.2, 0.25) is 0 Å². The summed E-state index contributed by atoms with van der Waals surface area (Å²) in [6.07, 6.45) is 0. The number of nitrogens with zero attached hydrogens (tertiary/aromatic N) is 1. The van der Waals surface area contributed by atoms with Gasteiger partial charge in [-0.2, -0.15) is 0 Å². The lowest BCUT2D eigenvalue weighted by Crippen LogP contribution is -2.37. The fourth-order valence-corrected chi connectivity index (χ4v) is 2.74. The van der Waals surface area contributed by atoms with Crippen LogP contribution in [0.4, 0.5) is 0 Å². The first-order valence-corrected chi connectivity index (χ1v) is 8.23. The fourth-order valence-electron chi connectivity index (χ4n) is 2.74. The lowest BCUT2D eigenvalue weighted by Gasteiger charge is -2.30. The van der Waals surface area contributed by atoms with Crippen molar-refractivity contribution in [1.82, 2.24) is 4.90 Å². The maximum absolute atomic E-state index is 10.9. The standard InChI is InChI=1S/C20H25NO3/c1-15(18-6-4-3-5-7-18)12-21(16(2)14-22)13-17-8-10-19(11-9-17)20(23)24/h3-11,15-16,22H,12-14H2,1-2H3,(H,23,24)/t15?,16-/m0/s1. The number of hydrogen-bond acceptors (Lipinski definition) is 3. The van der Waals surface area contributed by atoms with Crippen LogP contribution in [0, 0.1) is 0 Å². The highest BCUT2D eigenvalue weighted by molar-refractivity contribution is 5.87. The molecule has 0 radical (unpaired) electrons. The highest BCUT2D eigenvalue weighted by Crippen LogP contribution is 2.19. The molecule has 1 unspecified atom stereocenters. The second-order valence-corrected chi connectivity index (χ2v) is 6.27. The third-order valence-electron chi connectivity index (χ3n) is 4.35. The van der Waals surface area contributed by atoms with E-state index in [2.05, 4.69) is 24.0 Å². The zero-order valence-electron chi connectivity index (χ0n) is 14.2. The van der Waals surface area contributed by atoms with Gasteiger partial charge in [-0.15, -0.1) is 0 Å². The van der Waals surface area contributed by atoms with Gasteiger partial charge in [-0.1, -0.05) is 49.4 Å². The number of rotatable bonds is 8. The van der Waals surface area contributed by atoms with Gasteiger partial charge in [0.1, 0.15) is 0 Å². The minimum atomic E-state index is -0.917. The van der Waals surface area contributed by atoms with E-state index in [1.807, 2.05) is 37.3 Å². The fraction of sp³-hybridized carbons (Fsp3) is 0.350. The Bertz CT molecular complexity index is 640. The molecule has 0 aliphatic heterocycles. The minimum Gasteiger partial charge on any atom is -0.478 e. The van der Waals surface area contributed by atoms with Gasteiger partial charge < -0.3 is 10.2 Å². The van der Waals surface area contributed by atoms with E-state index in [4.69, 9.17) is 5.11 Å². The van der Waals surface area contributed by atoms with E-state index in [0.717, 1.165) is 12.1 Å². The average molecular weight is 327 g/mol. The molecule has 0 aromatic heterocycles. The van der Waals surface area contributed by atoms with Gasteiger partial charge in [-0.3, -0.25) is 4.90 Å². The van der Waals surface area contributed by atoms with Gasteiger partial charge in [-0.05, 0) is 36.1 Å². The Kier molecular flexibility index (Phi) is 6.53. The van der Waals surface area contributed by atoms with Crippen LogP contribution in [0.5, 0.6) is 0 Å². The molecule has 0 saturated heterocycles. The van der Waals surface area contributed by atoms with Crippen LogP contribution in [0.3, 0.4) is 0 Å². The summed E-state index contributed by atoms with van der Waals surface area (Å²) in [6, 6.07) is 17.3. The van der Waals surface area contributed by atoms with Gasteiger partial charge in [-0.25, -0.2) is 4.79 Å².